The quantitative estimate of drug-likeness (QED) is 0.642. The van der Waals surface area contributed by atoms with E-state index in [4.69, 9.17) is 14.2 Å². The molecule has 0 aromatic heterocycles. The molecule has 2 atom stereocenters. The molecule has 0 unspecified atom stereocenters. The molecule has 1 N–H and O–H groups in total. The maximum Gasteiger partial charge on any atom is 0.414 e. The first kappa shape index (κ1) is 22.6. The topological polar surface area (TPSA) is 109 Å². The van der Waals surface area contributed by atoms with E-state index in [9.17, 15) is 23.9 Å². The van der Waals surface area contributed by atoms with Crippen molar-refractivity contribution in [2.24, 2.45) is 0 Å². The Morgan fingerprint density at radius 2 is 2.06 bits per heavy atom. The van der Waals surface area contributed by atoms with Crippen LogP contribution in [0.5, 0.6) is 0 Å². The number of nitrogens with zero attached hydrogens (tertiary/aromatic N) is 3. The van der Waals surface area contributed by atoms with Crippen molar-refractivity contribution in [3.05, 3.63) is 24.0 Å². The highest BCUT2D eigenvalue weighted by atomic mass is 19.1. The molecule has 0 bridgehead atoms. The highest BCUT2D eigenvalue weighted by Crippen LogP contribution is 2.28. The van der Waals surface area contributed by atoms with E-state index >= 15 is 0 Å². The molecule has 0 aliphatic carbocycles. The number of morpholine rings is 1. The molecule has 1 aromatic rings. The van der Waals surface area contributed by atoms with Crippen LogP contribution in [0.4, 0.5) is 25.4 Å². The zero-order chi connectivity index (χ0) is 22.5. The SMILES string of the molecule is CC(=O)O[C@@H](C)CN(C[C@H]1CN(c2ccc(N3CCOCC3)c(F)c2)C(=O)O1)C(=O)O. The fourth-order valence-electron chi connectivity index (χ4n) is 3.66. The normalized spacial score (nSPS) is 19.7. The molecule has 31 heavy (non-hydrogen) atoms. The number of carbonyl (C=O) groups excluding carboxylic acids is 2. The number of ether oxygens (including phenoxy) is 3. The molecule has 1 aromatic carbocycles. The summed E-state index contributed by atoms with van der Waals surface area (Å²) in [5.41, 5.74) is 0.768. The van der Waals surface area contributed by atoms with Gasteiger partial charge < -0.3 is 29.1 Å². The summed E-state index contributed by atoms with van der Waals surface area (Å²) in [5, 5.41) is 9.42. The summed E-state index contributed by atoms with van der Waals surface area (Å²) in [6.07, 6.45) is -3.30. The monoisotopic (exact) mass is 439 g/mol. The number of esters is 1. The highest BCUT2D eigenvalue weighted by Gasteiger charge is 2.35. The zero-order valence-electron chi connectivity index (χ0n) is 17.5. The van der Waals surface area contributed by atoms with Gasteiger partial charge >= 0.3 is 18.2 Å². The van der Waals surface area contributed by atoms with Crippen molar-refractivity contribution in [3.8, 4) is 0 Å². The van der Waals surface area contributed by atoms with Crippen LogP contribution >= 0.6 is 0 Å². The van der Waals surface area contributed by atoms with Crippen molar-refractivity contribution in [2.75, 3.05) is 55.7 Å². The number of hydrogen-bond acceptors (Lipinski definition) is 7. The molecular weight excluding hydrogens is 413 g/mol. The van der Waals surface area contributed by atoms with Crippen LogP contribution < -0.4 is 9.80 Å². The predicted molar refractivity (Wildman–Crippen MR) is 108 cm³/mol. The first-order valence-electron chi connectivity index (χ1n) is 10.00. The molecule has 0 spiro atoms. The predicted octanol–water partition coefficient (Wildman–Crippen LogP) is 1.92. The molecule has 2 aliphatic heterocycles. The molecule has 170 valence electrons. The Labute approximate surface area is 179 Å². The number of carboxylic acid groups (broad SMARTS) is 1. The number of amides is 2. The smallest absolute Gasteiger partial charge is 0.414 e. The van der Waals surface area contributed by atoms with Crippen LogP contribution in [0, 0.1) is 5.82 Å². The van der Waals surface area contributed by atoms with E-state index < -0.39 is 36.2 Å². The standard InChI is InChI=1S/C20H26FN3O7/c1-13(30-14(2)25)10-23(19(26)27)11-16-12-24(20(28)31-16)15-3-4-18(17(21)9-15)22-5-7-29-8-6-22/h3-4,9,13,16H,5-8,10-12H2,1-2H3,(H,26,27)/t13-,16-/m0/s1. The summed E-state index contributed by atoms with van der Waals surface area (Å²) in [6, 6.07) is 4.52. The van der Waals surface area contributed by atoms with E-state index in [2.05, 4.69) is 0 Å². The van der Waals surface area contributed by atoms with E-state index in [-0.39, 0.29) is 19.6 Å². The highest BCUT2D eigenvalue weighted by molar-refractivity contribution is 5.90. The van der Waals surface area contributed by atoms with Crippen LogP contribution in [0.2, 0.25) is 0 Å². The Bertz CT molecular complexity index is 831. The summed E-state index contributed by atoms with van der Waals surface area (Å²) in [6.45, 7) is 4.94. The Morgan fingerprint density at radius 3 is 2.68 bits per heavy atom. The van der Waals surface area contributed by atoms with Crippen molar-refractivity contribution >= 4 is 29.5 Å². The van der Waals surface area contributed by atoms with Crippen LogP contribution in [0.1, 0.15) is 13.8 Å². The third-order valence-electron chi connectivity index (χ3n) is 5.01. The van der Waals surface area contributed by atoms with Gasteiger partial charge in [0.15, 0.2) is 0 Å². The van der Waals surface area contributed by atoms with Gasteiger partial charge in [0.25, 0.3) is 0 Å². The number of halogens is 1. The Morgan fingerprint density at radius 1 is 1.35 bits per heavy atom. The lowest BCUT2D eigenvalue weighted by Crippen LogP contribution is -2.42. The average molecular weight is 439 g/mol. The largest absolute Gasteiger partial charge is 0.465 e. The molecule has 2 heterocycles. The summed E-state index contributed by atoms with van der Waals surface area (Å²) in [5.74, 6) is -0.975. The number of anilines is 2. The first-order chi connectivity index (χ1) is 14.7. The van der Waals surface area contributed by atoms with Gasteiger partial charge in [-0.05, 0) is 25.1 Å². The van der Waals surface area contributed by atoms with E-state index in [1.54, 1.807) is 19.1 Å². The maximum absolute atomic E-state index is 14.7. The second kappa shape index (κ2) is 9.82. The van der Waals surface area contributed by atoms with Gasteiger partial charge in [0.1, 0.15) is 18.0 Å². The lowest BCUT2D eigenvalue weighted by molar-refractivity contribution is -0.146. The second-order valence-corrected chi connectivity index (χ2v) is 7.46. The molecule has 2 fully saturated rings. The molecule has 2 saturated heterocycles. The van der Waals surface area contributed by atoms with Gasteiger partial charge in [-0.2, -0.15) is 0 Å². The Hall–Kier alpha value is -3.08. The maximum atomic E-state index is 14.7. The van der Waals surface area contributed by atoms with Crippen LogP contribution in [0.3, 0.4) is 0 Å². The summed E-state index contributed by atoms with van der Waals surface area (Å²) < 4.78 is 30.2. The molecule has 0 saturated carbocycles. The van der Waals surface area contributed by atoms with Gasteiger partial charge in [-0.25, -0.2) is 14.0 Å². The van der Waals surface area contributed by atoms with Crippen LogP contribution in [0.15, 0.2) is 18.2 Å². The van der Waals surface area contributed by atoms with Crippen molar-refractivity contribution < 1.29 is 38.1 Å². The number of cyclic esters (lactones) is 1. The van der Waals surface area contributed by atoms with E-state index in [1.807, 2.05) is 4.90 Å². The third kappa shape index (κ3) is 5.75. The number of hydrogen-bond donors (Lipinski definition) is 1. The van der Waals surface area contributed by atoms with E-state index in [0.717, 1.165) is 4.90 Å². The fourth-order valence-corrected chi connectivity index (χ4v) is 3.66. The molecule has 10 nitrogen and oxygen atoms in total. The van der Waals surface area contributed by atoms with E-state index in [1.165, 1.54) is 17.9 Å². The number of rotatable bonds is 7. The lowest BCUT2D eigenvalue weighted by atomic mass is 10.2. The first-order valence-corrected chi connectivity index (χ1v) is 10.00. The van der Waals surface area contributed by atoms with Gasteiger partial charge in [-0.15, -0.1) is 0 Å². The minimum absolute atomic E-state index is 0.0637. The molecule has 0 radical (unpaired) electrons. The van der Waals surface area contributed by atoms with Crippen molar-refractivity contribution in [2.45, 2.75) is 26.1 Å². The minimum Gasteiger partial charge on any atom is -0.465 e. The molecule has 2 aliphatic rings. The molecular formula is C20H26FN3O7. The summed E-state index contributed by atoms with van der Waals surface area (Å²) in [7, 11) is 0. The van der Waals surface area contributed by atoms with Gasteiger partial charge in [0, 0.05) is 20.0 Å². The van der Waals surface area contributed by atoms with Crippen LogP contribution in [-0.2, 0) is 19.0 Å². The van der Waals surface area contributed by atoms with Crippen molar-refractivity contribution in [1.29, 1.82) is 0 Å². The van der Waals surface area contributed by atoms with Gasteiger partial charge in [0.2, 0.25) is 0 Å². The second-order valence-electron chi connectivity index (χ2n) is 7.46. The zero-order valence-corrected chi connectivity index (χ0v) is 17.5. The van der Waals surface area contributed by atoms with Crippen molar-refractivity contribution in [3.63, 3.8) is 0 Å². The number of benzene rings is 1. The van der Waals surface area contributed by atoms with Crippen molar-refractivity contribution in [1.82, 2.24) is 4.90 Å². The fraction of sp³-hybridized carbons (Fsp3) is 0.550. The van der Waals surface area contributed by atoms with Gasteiger partial charge in [0.05, 0.1) is 44.2 Å². The van der Waals surface area contributed by atoms with Gasteiger partial charge in [-0.3, -0.25) is 9.69 Å². The Balaban J connectivity index is 1.64. The average Bonchev–Trinajstić information content (AvgIpc) is 3.07. The summed E-state index contributed by atoms with van der Waals surface area (Å²) in [4.78, 5) is 39.1. The molecule has 3 rings (SSSR count). The summed E-state index contributed by atoms with van der Waals surface area (Å²) >= 11 is 0. The van der Waals surface area contributed by atoms with Crippen LogP contribution in [0.25, 0.3) is 0 Å². The van der Waals surface area contributed by atoms with Crippen LogP contribution in [-0.4, -0.2) is 86.3 Å². The minimum atomic E-state index is -1.23. The molecule has 2 amide bonds. The van der Waals surface area contributed by atoms with E-state index in [0.29, 0.717) is 37.7 Å². The molecule has 11 heteroatoms. The lowest BCUT2D eigenvalue weighted by Gasteiger charge is -2.29. The Kier molecular flexibility index (Phi) is 7.16. The van der Waals surface area contributed by atoms with Gasteiger partial charge in [-0.1, -0.05) is 0 Å². The third-order valence-corrected chi connectivity index (χ3v) is 5.01. The number of carbonyl (C=O) groups is 3.